The van der Waals surface area contributed by atoms with Crippen LogP contribution in [0.3, 0.4) is 0 Å². The second-order valence-corrected chi connectivity index (χ2v) is 7.63. The van der Waals surface area contributed by atoms with Gasteiger partial charge in [0.25, 0.3) is 0 Å². The first-order valence-electron chi connectivity index (χ1n) is 7.01. The average molecular weight is 447 g/mol. The summed E-state index contributed by atoms with van der Waals surface area (Å²) in [5.41, 5.74) is 0.836. The van der Waals surface area contributed by atoms with Gasteiger partial charge >= 0.3 is 0 Å². The fourth-order valence-electron chi connectivity index (χ4n) is 1.99. The van der Waals surface area contributed by atoms with Crippen LogP contribution in [0, 0.1) is 3.57 Å². The number of methoxy groups -OCH3 is 1. The molecule has 0 aliphatic rings. The van der Waals surface area contributed by atoms with Crippen molar-refractivity contribution in [3.05, 3.63) is 51.6 Å². The van der Waals surface area contributed by atoms with Crippen LogP contribution in [0.15, 0.2) is 47.4 Å². The monoisotopic (exact) mass is 447 g/mol. The Hall–Kier alpha value is -1.32. The van der Waals surface area contributed by atoms with Crippen molar-refractivity contribution in [1.29, 1.82) is 0 Å². The molecule has 124 valence electrons. The molecule has 0 atom stereocenters. The zero-order chi connectivity index (χ0) is 16.9. The van der Waals surface area contributed by atoms with E-state index >= 15 is 0 Å². The number of benzene rings is 2. The summed E-state index contributed by atoms with van der Waals surface area (Å²) in [6, 6.07) is 12.1. The molecule has 0 aliphatic heterocycles. The highest BCUT2D eigenvalue weighted by Crippen LogP contribution is 2.24. The van der Waals surface area contributed by atoms with Crippen molar-refractivity contribution in [2.45, 2.75) is 18.4 Å². The molecule has 5 nitrogen and oxygen atoms in total. The molecule has 2 aromatic rings. The normalized spacial score (nSPS) is 11.3. The Labute approximate surface area is 150 Å². The van der Waals surface area contributed by atoms with Crippen LogP contribution in [-0.2, 0) is 16.6 Å². The van der Waals surface area contributed by atoms with Gasteiger partial charge in [-0.1, -0.05) is 12.1 Å². The van der Waals surface area contributed by atoms with Crippen LogP contribution < -0.4 is 14.2 Å². The number of sulfonamides is 1. The molecule has 0 heterocycles. The zero-order valence-corrected chi connectivity index (χ0v) is 15.8. The molecule has 23 heavy (non-hydrogen) atoms. The lowest BCUT2D eigenvalue weighted by atomic mass is 10.2. The largest absolute Gasteiger partial charge is 0.496 e. The standard InChI is InChI=1S/C16H18INO4S/c1-3-22-13-6-4-5-12(9-13)11-18-23(19,20)14-7-8-16(21-2)15(17)10-14/h4-10,18H,3,11H2,1-2H3. The lowest BCUT2D eigenvalue weighted by Gasteiger charge is -2.10. The third-order valence-corrected chi connectivity index (χ3v) is 5.35. The smallest absolute Gasteiger partial charge is 0.240 e. The molecule has 1 N–H and O–H groups in total. The molecule has 0 radical (unpaired) electrons. The van der Waals surface area contributed by atoms with Gasteiger partial charge in [-0.05, 0) is 65.4 Å². The summed E-state index contributed by atoms with van der Waals surface area (Å²) in [5, 5.41) is 0. The quantitative estimate of drug-likeness (QED) is 0.663. The molecule has 0 amide bonds. The van der Waals surface area contributed by atoms with Crippen molar-refractivity contribution in [3.8, 4) is 11.5 Å². The number of ether oxygens (including phenoxy) is 2. The summed E-state index contributed by atoms with van der Waals surface area (Å²) in [6.45, 7) is 2.67. The van der Waals surface area contributed by atoms with Gasteiger partial charge in [-0.15, -0.1) is 0 Å². The Kier molecular flexibility index (Phi) is 6.25. The maximum absolute atomic E-state index is 12.4. The predicted molar refractivity (Wildman–Crippen MR) is 97.3 cm³/mol. The van der Waals surface area contributed by atoms with Gasteiger partial charge in [-0.2, -0.15) is 0 Å². The lowest BCUT2D eigenvalue weighted by Crippen LogP contribution is -2.23. The molecule has 0 spiro atoms. The Bertz CT molecular complexity index is 777. The highest BCUT2D eigenvalue weighted by Gasteiger charge is 2.15. The van der Waals surface area contributed by atoms with Crippen molar-refractivity contribution < 1.29 is 17.9 Å². The zero-order valence-electron chi connectivity index (χ0n) is 12.9. The first kappa shape index (κ1) is 18.0. The van der Waals surface area contributed by atoms with E-state index in [1.54, 1.807) is 19.2 Å². The van der Waals surface area contributed by atoms with Crippen LogP contribution in [-0.4, -0.2) is 22.1 Å². The van der Waals surface area contributed by atoms with Gasteiger partial charge < -0.3 is 9.47 Å². The van der Waals surface area contributed by atoms with Crippen LogP contribution >= 0.6 is 22.6 Å². The fourth-order valence-corrected chi connectivity index (χ4v) is 3.98. The minimum absolute atomic E-state index is 0.200. The summed E-state index contributed by atoms with van der Waals surface area (Å²) in [5.74, 6) is 1.37. The molecule has 7 heteroatoms. The molecule has 0 fully saturated rings. The molecule has 2 aromatic carbocycles. The van der Waals surface area contributed by atoms with Crippen LogP contribution in [0.5, 0.6) is 11.5 Å². The summed E-state index contributed by atoms with van der Waals surface area (Å²) in [6.07, 6.45) is 0. The van der Waals surface area contributed by atoms with Gasteiger partial charge in [0.1, 0.15) is 11.5 Å². The van der Waals surface area contributed by atoms with Crippen LogP contribution in [0.1, 0.15) is 12.5 Å². The Morgan fingerprint density at radius 1 is 1.17 bits per heavy atom. The van der Waals surface area contributed by atoms with E-state index in [1.807, 2.05) is 53.8 Å². The van der Waals surface area contributed by atoms with Gasteiger partial charge in [-0.3, -0.25) is 0 Å². The fraction of sp³-hybridized carbons (Fsp3) is 0.250. The number of hydrogen-bond donors (Lipinski definition) is 1. The van der Waals surface area contributed by atoms with Gasteiger partial charge in [0.05, 0.1) is 22.2 Å². The van der Waals surface area contributed by atoms with Gasteiger partial charge in [0.2, 0.25) is 10.0 Å². The van der Waals surface area contributed by atoms with E-state index in [9.17, 15) is 8.42 Å². The second-order valence-electron chi connectivity index (χ2n) is 4.70. The minimum Gasteiger partial charge on any atom is -0.496 e. The summed E-state index contributed by atoms with van der Waals surface area (Å²) in [7, 11) is -2.03. The van der Waals surface area contributed by atoms with Gasteiger partial charge in [0.15, 0.2) is 0 Å². The van der Waals surface area contributed by atoms with E-state index in [-0.39, 0.29) is 11.4 Å². The highest BCUT2D eigenvalue weighted by molar-refractivity contribution is 14.1. The van der Waals surface area contributed by atoms with E-state index in [1.165, 1.54) is 6.07 Å². The Morgan fingerprint density at radius 2 is 1.96 bits per heavy atom. The van der Waals surface area contributed by atoms with Crippen molar-refractivity contribution >= 4 is 32.6 Å². The maximum atomic E-state index is 12.4. The van der Waals surface area contributed by atoms with E-state index in [0.29, 0.717) is 12.4 Å². The third-order valence-electron chi connectivity index (χ3n) is 3.11. The van der Waals surface area contributed by atoms with Crippen LogP contribution in [0.2, 0.25) is 0 Å². The highest BCUT2D eigenvalue weighted by atomic mass is 127. The summed E-state index contributed by atoms with van der Waals surface area (Å²) >= 11 is 2.05. The van der Waals surface area contributed by atoms with Crippen molar-refractivity contribution in [2.24, 2.45) is 0 Å². The molecule has 0 saturated carbocycles. The number of rotatable bonds is 7. The van der Waals surface area contributed by atoms with Gasteiger partial charge in [-0.25, -0.2) is 13.1 Å². The predicted octanol–water partition coefficient (Wildman–Crippen LogP) is 3.18. The van der Waals surface area contributed by atoms with Crippen LogP contribution in [0.4, 0.5) is 0 Å². The SMILES string of the molecule is CCOc1cccc(CNS(=O)(=O)c2ccc(OC)c(I)c2)c1. The van der Waals surface area contributed by atoms with E-state index in [2.05, 4.69) is 4.72 Å². The molecular formula is C16H18INO4S. The first-order valence-corrected chi connectivity index (χ1v) is 9.57. The van der Waals surface area contributed by atoms with Crippen molar-refractivity contribution in [2.75, 3.05) is 13.7 Å². The molecule has 0 saturated heterocycles. The van der Waals surface area contributed by atoms with E-state index in [0.717, 1.165) is 14.9 Å². The molecule has 0 aromatic heterocycles. The minimum atomic E-state index is -3.58. The topological polar surface area (TPSA) is 64.6 Å². The molecule has 0 bridgehead atoms. The van der Waals surface area contributed by atoms with Crippen molar-refractivity contribution in [3.63, 3.8) is 0 Å². The van der Waals surface area contributed by atoms with E-state index in [4.69, 9.17) is 9.47 Å². The molecule has 0 aliphatic carbocycles. The van der Waals surface area contributed by atoms with Crippen LogP contribution in [0.25, 0.3) is 0 Å². The maximum Gasteiger partial charge on any atom is 0.240 e. The number of halogens is 1. The molecular weight excluding hydrogens is 429 g/mol. The third kappa shape index (κ3) is 4.82. The van der Waals surface area contributed by atoms with Gasteiger partial charge in [0, 0.05) is 6.54 Å². The lowest BCUT2D eigenvalue weighted by molar-refractivity contribution is 0.340. The average Bonchev–Trinajstić information content (AvgIpc) is 2.54. The first-order chi connectivity index (χ1) is 11.0. The second kappa shape index (κ2) is 7.98. The summed E-state index contributed by atoms with van der Waals surface area (Å²) < 4.78 is 38.7. The summed E-state index contributed by atoms with van der Waals surface area (Å²) in [4.78, 5) is 0.212. The Morgan fingerprint density at radius 3 is 2.61 bits per heavy atom. The molecule has 2 rings (SSSR count). The van der Waals surface area contributed by atoms with E-state index < -0.39 is 10.0 Å². The number of hydrogen-bond acceptors (Lipinski definition) is 4. The Balaban J connectivity index is 2.12. The molecule has 0 unspecified atom stereocenters. The van der Waals surface area contributed by atoms with Crippen molar-refractivity contribution in [1.82, 2.24) is 4.72 Å². The number of nitrogens with one attached hydrogen (secondary N) is 1.